The van der Waals surface area contributed by atoms with Crippen LogP contribution in [0.2, 0.25) is 0 Å². The van der Waals surface area contributed by atoms with Gasteiger partial charge in [0.05, 0.1) is 25.8 Å². The molecule has 0 spiro atoms. The zero-order valence-electron chi connectivity index (χ0n) is 15.3. The van der Waals surface area contributed by atoms with Crippen molar-refractivity contribution < 1.29 is 13.9 Å². The van der Waals surface area contributed by atoms with Crippen LogP contribution in [0.4, 0.5) is 0 Å². The zero-order chi connectivity index (χ0) is 17.9. The molecule has 1 aromatic heterocycles. The molecule has 26 heavy (non-hydrogen) atoms. The Labute approximate surface area is 154 Å². The molecule has 2 aliphatic heterocycles. The molecule has 5 heteroatoms. The average Bonchev–Trinajstić information content (AvgIpc) is 3.19. The zero-order valence-corrected chi connectivity index (χ0v) is 15.3. The van der Waals surface area contributed by atoms with E-state index < -0.39 is 0 Å². The number of hydrogen-bond donors (Lipinski definition) is 0. The van der Waals surface area contributed by atoms with Gasteiger partial charge in [-0.3, -0.25) is 9.69 Å². The molecule has 0 aliphatic carbocycles. The smallest absolute Gasteiger partial charge is 0.227 e. The molecule has 0 saturated carbocycles. The van der Waals surface area contributed by atoms with E-state index >= 15 is 0 Å². The molecule has 138 valence electrons. The van der Waals surface area contributed by atoms with Gasteiger partial charge in [-0.25, -0.2) is 0 Å². The van der Waals surface area contributed by atoms with Gasteiger partial charge in [0.2, 0.25) is 5.91 Å². The number of carbonyl (C=O) groups excluding carboxylic acids is 1. The molecule has 1 atom stereocenters. The summed E-state index contributed by atoms with van der Waals surface area (Å²) in [6.07, 6.45) is 4.67. The molecule has 3 heterocycles. The highest BCUT2D eigenvalue weighted by Crippen LogP contribution is 2.27. The molecule has 1 saturated heterocycles. The van der Waals surface area contributed by atoms with Crippen molar-refractivity contribution in [1.29, 1.82) is 0 Å². The predicted molar refractivity (Wildman–Crippen MR) is 98.8 cm³/mol. The van der Waals surface area contributed by atoms with Crippen LogP contribution in [0.15, 0.2) is 41.0 Å². The lowest BCUT2D eigenvalue weighted by molar-refractivity contribution is -0.138. The van der Waals surface area contributed by atoms with E-state index in [1.54, 1.807) is 13.4 Å². The van der Waals surface area contributed by atoms with Crippen molar-refractivity contribution in [3.8, 4) is 5.75 Å². The van der Waals surface area contributed by atoms with Gasteiger partial charge >= 0.3 is 0 Å². The quantitative estimate of drug-likeness (QED) is 0.846. The number of carbonyl (C=O) groups is 1. The van der Waals surface area contributed by atoms with Crippen LogP contribution in [0.5, 0.6) is 5.75 Å². The van der Waals surface area contributed by atoms with Crippen molar-refractivity contribution >= 4 is 5.91 Å². The Morgan fingerprint density at radius 2 is 2.19 bits per heavy atom. The SMILES string of the molecule is COc1ccc2c(c1)CCN(C(=O)[C@@H]1CCCN(Cc3ccco3)C1)C2. The number of ether oxygens (including phenoxy) is 1. The Kier molecular flexibility index (Phi) is 4.98. The first kappa shape index (κ1) is 17.2. The van der Waals surface area contributed by atoms with Crippen molar-refractivity contribution in [2.24, 2.45) is 5.92 Å². The van der Waals surface area contributed by atoms with Gasteiger partial charge in [0.15, 0.2) is 0 Å². The molecular weight excluding hydrogens is 328 g/mol. The van der Waals surface area contributed by atoms with Gasteiger partial charge < -0.3 is 14.1 Å². The second-order valence-electron chi connectivity index (χ2n) is 7.30. The Morgan fingerprint density at radius 1 is 1.27 bits per heavy atom. The van der Waals surface area contributed by atoms with Crippen LogP contribution in [0.3, 0.4) is 0 Å². The van der Waals surface area contributed by atoms with Gasteiger partial charge in [-0.2, -0.15) is 0 Å². The summed E-state index contributed by atoms with van der Waals surface area (Å²) < 4.78 is 10.8. The fourth-order valence-corrected chi connectivity index (χ4v) is 4.13. The Balaban J connectivity index is 1.39. The lowest BCUT2D eigenvalue weighted by Gasteiger charge is -2.36. The third-order valence-electron chi connectivity index (χ3n) is 5.55. The number of amides is 1. The van der Waals surface area contributed by atoms with Crippen molar-refractivity contribution in [2.45, 2.75) is 32.4 Å². The number of rotatable bonds is 4. The fraction of sp³-hybridized carbons (Fsp3) is 0.476. The summed E-state index contributed by atoms with van der Waals surface area (Å²) in [4.78, 5) is 17.5. The highest BCUT2D eigenvalue weighted by Gasteiger charge is 2.31. The number of nitrogens with zero attached hydrogens (tertiary/aromatic N) is 2. The summed E-state index contributed by atoms with van der Waals surface area (Å²) >= 11 is 0. The molecule has 0 unspecified atom stereocenters. The van der Waals surface area contributed by atoms with E-state index in [1.807, 2.05) is 23.1 Å². The minimum Gasteiger partial charge on any atom is -0.497 e. The highest BCUT2D eigenvalue weighted by molar-refractivity contribution is 5.79. The summed E-state index contributed by atoms with van der Waals surface area (Å²) in [7, 11) is 1.69. The van der Waals surface area contributed by atoms with E-state index in [0.29, 0.717) is 12.5 Å². The average molecular weight is 354 g/mol. The van der Waals surface area contributed by atoms with E-state index in [4.69, 9.17) is 9.15 Å². The summed E-state index contributed by atoms with van der Waals surface area (Å²) in [5, 5.41) is 0. The molecule has 0 radical (unpaired) electrons. The van der Waals surface area contributed by atoms with Crippen molar-refractivity contribution in [3.05, 3.63) is 53.5 Å². The Morgan fingerprint density at radius 3 is 3.00 bits per heavy atom. The molecule has 2 aliphatic rings. The third kappa shape index (κ3) is 3.63. The molecule has 1 aromatic carbocycles. The number of likely N-dealkylation sites (tertiary alicyclic amines) is 1. The van der Waals surface area contributed by atoms with E-state index in [9.17, 15) is 4.79 Å². The highest BCUT2D eigenvalue weighted by atomic mass is 16.5. The number of fused-ring (bicyclic) bond motifs is 1. The number of benzene rings is 1. The maximum atomic E-state index is 13.1. The van der Waals surface area contributed by atoms with Gasteiger partial charge in [0, 0.05) is 19.6 Å². The molecule has 1 fully saturated rings. The van der Waals surface area contributed by atoms with Gasteiger partial charge in [-0.05, 0) is 61.2 Å². The van der Waals surface area contributed by atoms with Crippen molar-refractivity contribution in [2.75, 3.05) is 26.7 Å². The first-order chi connectivity index (χ1) is 12.7. The minimum atomic E-state index is 0.0958. The molecule has 4 rings (SSSR count). The largest absolute Gasteiger partial charge is 0.497 e. The number of hydrogen-bond acceptors (Lipinski definition) is 4. The Bertz CT molecular complexity index is 757. The van der Waals surface area contributed by atoms with Gasteiger partial charge in [0.1, 0.15) is 11.5 Å². The minimum absolute atomic E-state index is 0.0958. The first-order valence-corrected chi connectivity index (χ1v) is 9.42. The predicted octanol–water partition coefficient (Wildman–Crippen LogP) is 3.09. The van der Waals surface area contributed by atoms with Crippen LogP contribution in [-0.4, -0.2) is 42.5 Å². The molecule has 5 nitrogen and oxygen atoms in total. The number of methoxy groups -OCH3 is 1. The van der Waals surface area contributed by atoms with E-state index in [2.05, 4.69) is 17.0 Å². The van der Waals surface area contributed by atoms with Gasteiger partial charge in [-0.15, -0.1) is 0 Å². The second-order valence-corrected chi connectivity index (χ2v) is 7.30. The number of furan rings is 1. The van der Waals surface area contributed by atoms with Crippen LogP contribution < -0.4 is 4.74 Å². The summed E-state index contributed by atoms with van der Waals surface area (Å²) in [5.41, 5.74) is 2.55. The third-order valence-corrected chi connectivity index (χ3v) is 5.55. The van der Waals surface area contributed by atoms with Crippen LogP contribution in [0.1, 0.15) is 29.7 Å². The van der Waals surface area contributed by atoms with Crippen LogP contribution >= 0.6 is 0 Å². The first-order valence-electron chi connectivity index (χ1n) is 9.42. The fourth-order valence-electron chi connectivity index (χ4n) is 4.13. The van der Waals surface area contributed by atoms with Crippen molar-refractivity contribution in [3.63, 3.8) is 0 Å². The summed E-state index contributed by atoms with van der Waals surface area (Å²) in [5.74, 6) is 2.26. The maximum absolute atomic E-state index is 13.1. The maximum Gasteiger partial charge on any atom is 0.227 e. The molecule has 0 bridgehead atoms. The van der Waals surface area contributed by atoms with Gasteiger partial charge in [-0.1, -0.05) is 6.07 Å². The summed E-state index contributed by atoms with van der Waals surface area (Å²) in [6, 6.07) is 10.1. The van der Waals surface area contributed by atoms with E-state index in [1.165, 1.54) is 11.1 Å². The lowest BCUT2D eigenvalue weighted by Crippen LogP contribution is -2.46. The standard InChI is InChI=1S/C21H26N2O3/c1-25-19-7-6-17-14-23(10-8-16(17)12-19)21(24)18-4-2-9-22(13-18)15-20-5-3-11-26-20/h3,5-7,11-12,18H,2,4,8-10,13-15H2,1H3/t18-/m1/s1. The van der Waals surface area contributed by atoms with Gasteiger partial charge in [0.25, 0.3) is 0 Å². The molecule has 1 amide bonds. The van der Waals surface area contributed by atoms with E-state index in [-0.39, 0.29) is 5.92 Å². The van der Waals surface area contributed by atoms with Crippen LogP contribution in [0, 0.1) is 5.92 Å². The van der Waals surface area contributed by atoms with Crippen molar-refractivity contribution in [1.82, 2.24) is 9.80 Å². The molecular formula is C21H26N2O3. The van der Waals surface area contributed by atoms with E-state index in [0.717, 1.165) is 57.0 Å². The Hall–Kier alpha value is -2.27. The molecule has 0 N–H and O–H groups in total. The van der Waals surface area contributed by atoms with Crippen LogP contribution in [-0.2, 0) is 24.3 Å². The number of piperidine rings is 1. The molecule has 2 aromatic rings. The summed E-state index contributed by atoms with van der Waals surface area (Å²) in [6.45, 7) is 4.17. The topological polar surface area (TPSA) is 45.9 Å². The monoisotopic (exact) mass is 354 g/mol. The second kappa shape index (κ2) is 7.54. The normalized spacial score (nSPS) is 20.7. The van der Waals surface area contributed by atoms with Crippen LogP contribution in [0.25, 0.3) is 0 Å². The lowest BCUT2D eigenvalue weighted by atomic mass is 9.93.